The Morgan fingerprint density at radius 1 is 1.38 bits per heavy atom. The van der Waals surface area contributed by atoms with Gasteiger partial charge in [0.05, 0.1) is 31.4 Å². The second kappa shape index (κ2) is 7.82. The van der Waals surface area contributed by atoms with Gasteiger partial charge >= 0.3 is 0 Å². The minimum absolute atomic E-state index is 0.0419. The fourth-order valence-electron chi connectivity index (χ4n) is 1.92. The molecule has 21 heavy (non-hydrogen) atoms. The van der Waals surface area contributed by atoms with Gasteiger partial charge in [-0.2, -0.15) is 0 Å². The third-order valence-electron chi connectivity index (χ3n) is 3.60. The van der Waals surface area contributed by atoms with Crippen LogP contribution in [0, 0.1) is 0 Å². The molecule has 0 atom stereocenters. The van der Waals surface area contributed by atoms with Crippen LogP contribution in [0.5, 0.6) is 5.75 Å². The Hall–Kier alpha value is -1.83. The number of nitrogens with one attached hydrogen (secondary N) is 1. The molecule has 0 saturated carbocycles. The summed E-state index contributed by atoms with van der Waals surface area (Å²) in [5, 5.41) is 33.7. The van der Waals surface area contributed by atoms with E-state index in [1.165, 1.54) is 7.11 Å². The van der Waals surface area contributed by atoms with Crippen LogP contribution >= 0.6 is 0 Å². The number of hydrogen-bond acceptors (Lipinski definition) is 6. The molecule has 7 heteroatoms. The Balaban J connectivity index is 2.95. The summed E-state index contributed by atoms with van der Waals surface area (Å²) in [7, 11) is 1.50. The molecular formula is C14H23N3O4. The highest BCUT2D eigenvalue weighted by atomic mass is 16.5. The molecule has 0 radical (unpaired) electrons. The molecule has 0 amide bonds. The number of nitrogens with two attached hydrogens (primary N) is 1. The molecule has 0 fully saturated rings. The molecule has 0 aliphatic carbocycles. The molecule has 0 unspecified atom stereocenters. The molecule has 0 spiro atoms. The third kappa shape index (κ3) is 4.07. The van der Waals surface area contributed by atoms with E-state index < -0.39 is 5.54 Å². The number of ether oxygens (including phenoxy) is 1. The number of nitrogens with zero attached hydrogens (tertiary/aromatic N) is 1. The van der Waals surface area contributed by atoms with Crippen molar-refractivity contribution in [2.24, 2.45) is 10.9 Å². The van der Waals surface area contributed by atoms with Crippen LogP contribution in [-0.2, 0) is 6.54 Å². The van der Waals surface area contributed by atoms with Gasteiger partial charge in [-0.15, -0.1) is 0 Å². The maximum atomic E-state index is 9.40. The minimum atomic E-state index is -0.725. The van der Waals surface area contributed by atoms with Crippen molar-refractivity contribution < 1.29 is 20.2 Å². The Kier molecular flexibility index (Phi) is 6.41. The lowest BCUT2D eigenvalue weighted by atomic mass is 9.97. The van der Waals surface area contributed by atoms with Crippen LogP contribution in [0.1, 0.15) is 24.5 Å². The predicted octanol–water partition coefficient (Wildman–Crippen LogP) is 0.0127. The van der Waals surface area contributed by atoms with Gasteiger partial charge in [0.2, 0.25) is 0 Å². The van der Waals surface area contributed by atoms with Crippen molar-refractivity contribution in [3.8, 4) is 5.75 Å². The van der Waals surface area contributed by atoms with Crippen molar-refractivity contribution in [2.45, 2.75) is 25.4 Å². The molecule has 0 saturated heterocycles. The molecule has 0 heterocycles. The van der Waals surface area contributed by atoms with Crippen LogP contribution in [0.3, 0.4) is 0 Å². The van der Waals surface area contributed by atoms with Crippen LogP contribution in [0.2, 0.25) is 0 Å². The summed E-state index contributed by atoms with van der Waals surface area (Å²) in [6.45, 7) is 1.98. The Morgan fingerprint density at radius 3 is 2.52 bits per heavy atom. The van der Waals surface area contributed by atoms with Crippen molar-refractivity contribution in [1.82, 2.24) is 5.32 Å². The van der Waals surface area contributed by atoms with E-state index in [9.17, 15) is 10.2 Å². The van der Waals surface area contributed by atoms with Crippen LogP contribution in [0.25, 0.3) is 0 Å². The molecule has 0 aliphatic rings. The third-order valence-corrected chi connectivity index (χ3v) is 3.60. The molecular weight excluding hydrogens is 274 g/mol. The maximum Gasteiger partial charge on any atom is 0.173 e. The average Bonchev–Trinajstić information content (AvgIpc) is 2.55. The van der Waals surface area contributed by atoms with Gasteiger partial charge in [-0.3, -0.25) is 0 Å². The van der Waals surface area contributed by atoms with Crippen molar-refractivity contribution in [3.63, 3.8) is 0 Å². The molecule has 0 aromatic heterocycles. The van der Waals surface area contributed by atoms with Gasteiger partial charge in [0.15, 0.2) is 5.84 Å². The molecule has 6 N–H and O–H groups in total. The highest BCUT2D eigenvalue weighted by Gasteiger charge is 2.25. The zero-order valence-corrected chi connectivity index (χ0v) is 12.3. The SMILES string of the molecule is CCC(CO)(CO)NCc1ccc(OC)c(/C(N)=N/O)c1. The average molecular weight is 297 g/mol. The number of amidine groups is 1. The lowest BCUT2D eigenvalue weighted by Crippen LogP contribution is -2.50. The number of oxime groups is 1. The van der Waals surface area contributed by atoms with Gasteiger partial charge in [0.25, 0.3) is 0 Å². The van der Waals surface area contributed by atoms with E-state index >= 15 is 0 Å². The van der Waals surface area contributed by atoms with Gasteiger partial charge in [-0.05, 0) is 24.1 Å². The second-order valence-corrected chi connectivity index (χ2v) is 4.82. The zero-order valence-electron chi connectivity index (χ0n) is 12.3. The first-order valence-electron chi connectivity index (χ1n) is 6.67. The van der Waals surface area contributed by atoms with Crippen molar-refractivity contribution in [2.75, 3.05) is 20.3 Å². The molecule has 0 bridgehead atoms. The van der Waals surface area contributed by atoms with E-state index in [0.717, 1.165) is 5.56 Å². The molecule has 118 valence electrons. The largest absolute Gasteiger partial charge is 0.496 e. The summed E-state index contributed by atoms with van der Waals surface area (Å²) in [6.07, 6.45) is 0.587. The fourth-order valence-corrected chi connectivity index (χ4v) is 1.92. The summed E-state index contributed by atoms with van der Waals surface area (Å²) < 4.78 is 5.16. The molecule has 0 aliphatic heterocycles. The zero-order chi connectivity index (χ0) is 15.9. The van der Waals surface area contributed by atoms with Crippen molar-refractivity contribution >= 4 is 5.84 Å². The number of aliphatic hydroxyl groups excluding tert-OH is 2. The quantitative estimate of drug-likeness (QED) is 0.199. The van der Waals surface area contributed by atoms with E-state index in [1.54, 1.807) is 12.1 Å². The normalized spacial score (nSPS) is 12.5. The lowest BCUT2D eigenvalue weighted by Gasteiger charge is -2.30. The van der Waals surface area contributed by atoms with Crippen LogP contribution in [0.15, 0.2) is 23.4 Å². The number of benzene rings is 1. The standard InChI is InChI=1S/C14H23N3O4/c1-3-14(8-18,9-19)16-7-10-4-5-12(21-2)11(6-10)13(15)17-20/h4-6,16,18-20H,3,7-9H2,1-2H3,(H2,15,17). The lowest BCUT2D eigenvalue weighted by molar-refractivity contribution is 0.0864. The predicted molar refractivity (Wildman–Crippen MR) is 79.5 cm³/mol. The highest BCUT2D eigenvalue weighted by molar-refractivity contribution is 5.99. The summed E-state index contributed by atoms with van der Waals surface area (Å²) in [5.74, 6) is 0.458. The second-order valence-electron chi connectivity index (χ2n) is 4.82. The Labute approximate surface area is 124 Å². The number of methoxy groups -OCH3 is 1. The van der Waals surface area contributed by atoms with Gasteiger partial charge in [-0.1, -0.05) is 18.1 Å². The van der Waals surface area contributed by atoms with Crippen LogP contribution < -0.4 is 15.8 Å². The van der Waals surface area contributed by atoms with Crippen molar-refractivity contribution in [1.29, 1.82) is 0 Å². The summed E-state index contributed by atoms with van der Waals surface area (Å²) in [5.41, 5.74) is 6.23. The van der Waals surface area contributed by atoms with E-state index in [0.29, 0.717) is 24.3 Å². The van der Waals surface area contributed by atoms with Gasteiger partial charge < -0.3 is 31.2 Å². The molecule has 7 nitrogen and oxygen atoms in total. The topological polar surface area (TPSA) is 120 Å². The summed E-state index contributed by atoms with van der Waals surface area (Å²) in [4.78, 5) is 0. The Morgan fingerprint density at radius 2 is 2.05 bits per heavy atom. The number of rotatable bonds is 8. The minimum Gasteiger partial charge on any atom is -0.496 e. The van der Waals surface area contributed by atoms with E-state index in [1.807, 2.05) is 13.0 Å². The fraction of sp³-hybridized carbons (Fsp3) is 0.500. The summed E-state index contributed by atoms with van der Waals surface area (Å²) in [6, 6.07) is 5.28. The number of hydrogen-bond donors (Lipinski definition) is 5. The monoisotopic (exact) mass is 297 g/mol. The van der Waals surface area contributed by atoms with Gasteiger partial charge in [-0.25, -0.2) is 0 Å². The maximum absolute atomic E-state index is 9.40. The Bertz CT molecular complexity index is 479. The molecule has 1 aromatic carbocycles. The van der Waals surface area contributed by atoms with Crippen molar-refractivity contribution in [3.05, 3.63) is 29.3 Å². The van der Waals surface area contributed by atoms with Gasteiger partial charge in [0, 0.05) is 6.54 Å². The smallest absolute Gasteiger partial charge is 0.173 e. The summed E-state index contributed by atoms with van der Waals surface area (Å²) >= 11 is 0. The molecule has 1 rings (SSSR count). The van der Waals surface area contributed by atoms with E-state index in [-0.39, 0.29) is 19.0 Å². The van der Waals surface area contributed by atoms with Gasteiger partial charge in [0.1, 0.15) is 5.75 Å². The van der Waals surface area contributed by atoms with E-state index in [4.69, 9.17) is 15.7 Å². The van der Waals surface area contributed by atoms with Crippen LogP contribution in [-0.4, -0.2) is 47.1 Å². The first kappa shape index (κ1) is 17.2. The van der Waals surface area contributed by atoms with Crippen LogP contribution in [0.4, 0.5) is 0 Å². The molecule has 1 aromatic rings. The first-order valence-corrected chi connectivity index (χ1v) is 6.67. The first-order chi connectivity index (χ1) is 10.1. The number of aliphatic hydroxyl groups is 2. The van der Waals surface area contributed by atoms with E-state index in [2.05, 4.69) is 10.5 Å². The highest BCUT2D eigenvalue weighted by Crippen LogP contribution is 2.20.